The maximum absolute atomic E-state index is 14.4. The third-order valence-corrected chi connectivity index (χ3v) is 6.99. The summed E-state index contributed by atoms with van der Waals surface area (Å²) >= 11 is 0. The summed E-state index contributed by atoms with van der Waals surface area (Å²) in [5.41, 5.74) is 4.26. The van der Waals surface area contributed by atoms with Crippen LogP contribution in [0, 0.1) is 12.7 Å². The maximum Gasteiger partial charge on any atom is 0.304 e. The zero-order chi connectivity index (χ0) is 21.6. The van der Waals surface area contributed by atoms with Gasteiger partial charge in [-0.3, -0.25) is 4.79 Å². The summed E-state index contributed by atoms with van der Waals surface area (Å²) in [7, 11) is -3.69. The lowest BCUT2D eigenvalue weighted by molar-refractivity contribution is -0.137. The van der Waals surface area contributed by atoms with Crippen molar-refractivity contribution in [2.75, 3.05) is 6.26 Å². The first-order chi connectivity index (χ1) is 14.1. The third kappa shape index (κ3) is 3.74. The Hall–Kier alpha value is -2.67. The standard InChI is InChI=1S/C23H24FNO4S/c1-14-6-8-15(9-7-14)13-25-22-16(10-21(26)27)4-3-5-18(22)19-11-17(24)12-20(23(19)25)30(2,28)29/h6-9,11-12,16H,3-5,10,13H2,1-2H3,(H,26,27). The van der Waals surface area contributed by atoms with Gasteiger partial charge in [-0.2, -0.15) is 0 Å². The lowest BCUT2D eigenvalue weighted by atomic mass is 9.84. The molecule has 0 saturated carbocycles. The fraction of sp³-hybridized carbons (Fsp3) is 0.348. The molecule has 0 radical (unpaired) electrons. The number of fused-ring (bicyclic) bond motifs is 3. The van der Waals surface area contributed by atoms with E-state index < -0.39 is 21.6 Å². The van der Waals surface area contributed by atoms with Crippen LogP contribution in [0.3, 0.4) is 0 Å². The number of aryl methyl sites for hydroxylation is 2. The highest BCUT2D eigenvalue weighted by molar-refractivity contribution is 7.91. The molecule has 1 unspecified atom stereocenters. The molecule has 0 bridgehead atoms. The van der Waals surface area contributed by atoms with E-state index in [9.17, 15) is 22.7 Å². The lowest BCUT2D eigenvalue weighted by Gasteiger charge is -2.25. The molecule has 0 fully saturated rings. The minimum absolute atomic E-state index is 0.0338. The second-order valence-corrected chi connectivity index (χ2v) is 10.2. The number of carboxylic acids is 1. The summed E-state index contributed by atoms with van der Waals surface area (Å²) < 4.78 is 41.4. The van der Waals surface area contributed by atoms with E-state index in [1.54, 1.807) is 0 Å². The van der Waals surface area contributed by atoms with Crippen molar-refractivity contribution in [3.63, 3.8) is 0 Å². The number of sulfone groups is 1. The molecule has 2 aromatic carbocycles. The van der Waals surface area contributed by atoms with E-state index in [2.05, 4.69) is 0 Å². The van der Waals surface area contributed by atoms with Crippen molar-refractivity contribution in [3.05, 3.63) is 64.6 Å². The second kappa shape index (κ2) is 7.54. The number of hydrogen-bond donors (Lipinski definition) is 1. The number of rotatable bonds is 5. The Balaban J connectivity index is 2.05. The van der Waals surface area contributed by atoms with E-state index in [0.717, 1.165) is 41.1 Å². The molecule has 1 aromatic heterocycles. The highest BCUT2D eigenvalue weighted by atomic mass is 32.2. The molecule has 0 saturated heterocycles. The fourth-order valence-corrected chi connectivity index (χ4v) is 5.53. The van der Waals surface area contributed by atoms with Gasteiger partial charge in [-0.1, -0.05) is 29.8 Å². The number of aliphatic carboxylic acids is 1. The van der Waals surface area contributed by atoms with Crippen LogP contribution in [-0.2, 0) is 27.6 Å². The Labute approximate surface area is 175 Å². The average Bonchev–Trinajstić information content (AvgIpc) is 2.96. The van der Waals surface area contributed by atoms with Crippen LogP contribution in [0.15, 0.2) is 41.3 Å². The van der Waals surface area contributed by atoms with Crippen LogP contribution < -0.4 is 0 Å². The minimum Gasteiger partial charge on any atom is -0.481 e. The summed E-state index contributed by atoms with van der Waals surface area (Å²) in [6, 6.07) is 10.4. The van der Waals surface area contributed by atoms with E-state index >= 15 is 0 Å². The molecule has 0 spiro atoms. The van der Waals surface area contributed by atoms with Gasteiger partial charge in [0, 0.05) is 29.8 Å². The van der Waals surface area contributed by atoms with Gasteiger partial charge >= 0.3 is 5.97 Å². The van der Waals surface area contributed by atoms with E-state index in [1.165, 1.54) is 6.07 Å². The SMILES string of the molecule is Cc1ccc(Cn2c3c(c4cc(F)cc(S(C)(=O)=O)c42)CCCC3CC(=O)O)cc1. The van der Waals surface area contributed by atoms with Crippen LogP contribution in [0.1, 0.15) is 47.6 Å². The Morgan fingerprint density at radius 3 is 2.57 bits per heavy atom. The number of carboxylic acid groups (broad SMARTS) is 1. The Morgan fingerprint density at radius 1 is 1.23 bits per heavy atom. The summed E-state index contributed by atoms with van der Waals surface area (Å²) in [6.45, 7) is 2.39. The highest BCUT2D eigenvalue weighted by Gasteiger charge is 2.31. The first-order valence-corrected chi connectivity index (χ1v) is 11.9. The van der Waals surface area contributed by atoms with Crippen LogP contribution in [0.2, 0.25) is 0 Å². The molecule has 3 aromatic rings. The first kappa shape index (κ1) is 20.6. The number of hydrogen-bond acceptors (Lipinski definition) is 3. The van der Waals surface area contributed by atoms with Crippen molar-refractivity contribution in [2.24, 2.45) is 0 Å². The van der Waals surface area contributed by atoms with Crippen molar-refractivity contribution in [1.29, 1.82) is 0 Å². The van der Waals surface area contributed by atoms with Crippen molar-refractivity contribution in [2.45, 2.75) is 50.0 Å². The molecule has 30 heavy (non-hydrogen) atoms. The maximum atomic E-state index is 14.4. The second-order valence-electron chi connectivity index (χ2n) is 8.19. The summed E-state index contributed by atoms with van der Waals surface area (Å²) in [4.78, 5) is 11.5. The molecule has 5 nitrogen and oxygen atoms in total. The average molecular weight is 430 g/mol. The van der Waals surface area contributed by atoms with Gasteiger partial charge in [-0.15, -0.1) is 0 Å². The monoisotopic (exact) mass is 429 g/mol. The highest BCUT2D eigenvalue weighted by Crippen LogP contribution is 2.42. The first-order valence-electron chi connectivity index (χ1n) is 9.97. The lowest BCUT2D eigenvalue weighted by Crippen LogP contribution is -2.18. The molecular formula is C23H24FNO4S. The Morgan fingerprint density at radius 2 is 1.93 bits per heavy atom. The fourth-order valence-electron chi connectivity index (χ4n) is 4.63. The predicted molar refractivity (Wildman–Crippen MR) is 113 cm³/mol. The van der Waals surface area contributed by atoms with E-state index in [0.29, 0.717) is 30.3 Å². The molecule has 158 valence electrons. The number of carbonyl (C=O) groups is 1. The van der Waals surface area contributed by atoms with Gasteiger partial charge in [-0.05, 0) is 49.4 Å². The van der Waals surface area contributed by atoms with Gasteiger partial charge in [0.15, 0.2) is 9.84 Å². The third-order valence-electron chi connectivity index (χ3n) is 5.88. The van der Waals surface area contributed by atoms with E-state index in [-0.39, 0.29) is 17.2 Å². The van der Waals surface area contributed by atoms with Crippen molar-refractivity contribution >= 4 is 26.7 Å². The van der Waals surface area contributed by atoms with Crippen LogP contribution >= 0.6 is 0 Å². The number of benzene rings is 2. The molecule has 4 rings (SSSR count). The largest absolute Gasteiger partial charge is 0.481 e. The summed E-state index contributed by atoms with van der Waals surface area (Å²) in [5.74, 6) is -1.73. The molecule has 1 atom stereocenters. The Bertz CT molecular complexity index is 1240. The van der Waals surface area contributed by atoms with Gasteiger partial charge in [0.2, 0.25) is 0 Å². The normalized spacial score (nSPS) is 16.6. The van der Waals surface area contributed by atoms with Gasteiger partial charge < -0.3 is 9.67 Å². The predicted octanol–water partition coefficient (Wildman–Crippen LogP) is 4.44. The van der Waals surface area contributed by atoms with E-state index in [4.69, 9.17) is 0 Å². The zero-order valence-electron chi connectivity index (χ0n) is 17.0. The quantitative estimate of drug-likeness (QED) is 0.651. The van der Waals surface area contributed by atoms with E-state index in [1.807, 2.05) is 35.8 Å². The molecule has 1 aliphatic rings. The molecule has 1 aliphatic carbocycles. The molecule has 0 aliphatic heterocycles. The summed E-state index contributed by atoms with van der Waals surface area (Å²) in [5, 5.41) is 10.0. The van der Waals surface area contributed by atoms with Crippen LogP contribution in [0.4, 0.5) is 4.39 Å². The van der Waals surface area contributed by atoms with Crippen LogP contribution in [0.25, 0.3) is 10.9 Å². The van der Waals surface area contributed by atoms with Gasteiger partial charge in [0.05, 0.1) is 16.8 Å². The summed E-state index contributed by atoms with van der Waals surface area (Å²) in [6.07, 6.45) is 3.22. The molecular weight excluding hydrogens is 405 g/mol. The molecule has 7 heteroatoms. The van der Waals surface area contributed by atoms with Gasteiger partial charge in [-0.25, -0.2) is 12.8 Å². The smallest absolute Gasteiger partial charge is 0.304 e. The van der Waals surface area contributed by atoms with Gasteiger partial charge in [0.1, 0.15) is 5.82 Å². The number of halogens is 1. The number of aromatic nitrogens is 1. The number of nitrogens with zero attached hydrogens (tertiary/aromatic N) is 1. The van der Waals surface area contributed by atoms with Crippen LogP contribution in [-0.4, -0.2) is 30.3 Å². The van der Waals surface area contributed by atoms with Crippen molar-refractivity contribution in [1.82, 2.24) is 4.57 Å². The molecule has 1 N–H and O–H groups in total. The zero-order valence-corrected chi connectivity index (χ0v) is 17.8. The molecule has 0 amide bonds. The van der Waals surface area contributed by atoms with Crippen molar-refractivity contribution in [3.8, 4) is 0 Å². The topological polar surface area (TPSA) is 76.4 Å². The Kier molecular flexibility index (Phi) is 5.18. The van der Waals surface area contributed by atoms with Crippen molar-refractivity contribution < 1.29 is 22.7 Å². The van der Waals surface area contributed by atoms with Crippen LogP contribution in [0.5, 0.6) is 0 Å². The molecule has 1 heterocycles. The minimum atomic E-state index is -3.69. The van der Waals surface area contributed by atoms with Gasteiger partial charge in [0.25, 0.3) is 0 Å².